The van der Waals surface area contributed by atoms with E-state index in [-0.39, 0.29) is 23.7 Å². The highest BCUT2D eigenvalue weighted by atomic mass is 32.2. The number of hydrogen-bond donors (Lipinski definition) is 1. The van der Waals surface area contributed by atoms with E-state index in [9.17, 15) is 9.90 Å². The second kappa shape index (κ2) is 7.04. The van der Waals surface area contributed by atoms with Crippen LogP contribution in [0.1, 0.15) is 15.9 Å². The van der Waals surface area contributed by atoms with Gasteiger partial charge in [0.25, 0.3) is 0 Å². The largest absolute Gasteiger partial charge is 0.504 e. The monoisotopic (exact) mass is 304 g/mol. The average molecular weight is 304 g/mol. The molecule has 0 saturated carbocycles. The third kappa shape index (κ3) is 3.70. The van der Waals surface area contributed by atoms with E-state index in [0.29, 0.717) is 0 Å². The van der Waals surface area contributed by atoms with Crippen molar-refractivity contribution in [1.82, 2.24) is 0 Å². The van der Waals surface area contributed by atoms with Crippen LogP contribution in [0.5, 0.6) is 11.5 Å². The van der Waals surface area contributed by atoms with E-state index in [1.165, 1.54) is 13.2 Å². The molecule has 0 radical (unpaired) electrons. The first-order valence-electron chi connectivity index (χ1n) is 6.31. The van der Waals surface area contributed by atoms with Gasteiger partial charge in [0.15, 0.2) is 11.5 Å². The molecule has 0 amide bonds. The molecule has 0 bridgehead atoms. The number of carbonyl (C=O) groups excluding carboxylic acids is 1. The van der Waals surface area contributed by atoms with E-state index in [0.717, 1.165) is 10.5 Å². The lowest BCUT2D eigenvalue weighted by Gasteiger charge is -2.09. The van der Waals surface area contributed by atoms with Crippen LogP contribution in [0.25, 0.3) is 0 Å². The molecule has 21 heavy (non-hydrogen) atoms. The Morgan fingerprint density at radius 2 is 1.90 bits per heavy atom. The van der Waals surface area contributed by atoms with Crippen molar-refractivity contribution in [3.63, 3.8) is 0 Å². The van der Waals surface area contributed by atoms with Crippen LogP contribution in [0.15, 0.2) is 47.4 Å². The molecule has 2 aromatic rings. The molecule has 0 heterocycles. The number of thioether (sulfide) groups is 1. The average Bonchev–Trinajstić information content (AvgIpc) is 2.53. The molecule has 0 fully saturated rings. The summed E-state index contributed by atoms with van der Waals surface area (Å²) in [6, 6.07) is 12.5. The van der Waals surface area contributed by atoms with Crippen molar-refractivity contribution in [2.24, 2.45) is 0 Å². The molecule has 0 aliphatic carbocycles. The van der Waals surface area contributed by atoms with E-state index in [4.69, 9.17) is 9.47 Å². The Bertz CT molecular complexity index is 623. The minimum absolute atomic E-state index is 0.0927. The summed E-state index contributed by atoms with van der Waals surface area (Å²) in [7, 11) is 1.43. The van der Waals surface area contributed by atoms with Crippen LogP contribution in [0.3, 0.4) is 0 Å². The third-order valence-electron chi connectivity index (χ3n) is 2.97. The van der Waals surface area contributed by atoms with Gasteiger partial charge in [0.1, 0.15) is 12.2 Å². The lowest BCUT2D eigenvalue weighted by molar-refractivity contribution is 0.0468. The molecular formula is C16H16O4S. The van der Waals surface area contributed by atoms with Gasteiger partial charge in [0.05, 0.1) is 7.11 Å². The van der Waals surface area contributed by atoms with Crippen LogP contribution in [0, 0.1) is 0 Å². The number of benzene rings is 2. The van der Waals surface area contributed by atoms with E-state index in [1.807, 2.05) is 30.5 Å². The number of para-hydroxylation sites is 1. The molecule has 0 aliphatic heterocycles. The minimum atomic E-state index is -0.583. The quantitative estimate of drug-likeness (QED) is 0.677. The topological polar surface area (TPSA) is 55.8 Å². The summed E-state index contributed by atoms with van der Waals surface area (Å²) in [5.41, 5.74) is 0.985. The Morgan fingerprint density at radius 1 is 1.19 bits per heavy atom. The second-order valence-electron chi connectivity index (χ2n) is 4.28. The van der Waals surface area contributed by atoms with Crippen LogP contribution < -0.4 is 4.74 Å². The number of ether oxygens (including phenoxy) is 2. The maximum Gasteiger partial charge on any atom is 0.342 e. The van der Waals surface area contributed by atoms with Crippen LogP contribution >= 0.6 is 11.8 Å². The molecular weight excluding hydrogens is 288 g/mol. The van der Waals surface area contributed by atoms with Gasteiger partial charge in [-0.05, 0) is 36.1 Å². The summed E-state index contributed by atoms with van der Waals surface area (Å²) in [4.78, 5) is 13.1. The van der Waals surface area contributed by atoms with E-state index in [1.54, 1.807) is 23.9 Å². The number of phenolic OH excluding ortho intramolecular Hbond substituents is 1. The molecule has 0 atom stereocenters. The van der Waals surface area contributed by atoms with E-state index >= 15 is 0 Å². The third-order valence-corrected chi connectivity index (χ3v) is 3.71. The zero-order valence-electron chi connectivity index (χ0n) is 11.8. The number of carbonyl (C=O) groups is 1. The second-order valence-corrected chi connectivity index (χ2v) is 5.16. The van der Waals surface area contributed by atoms with Gasteiger partial charge in [-0.2, -0.15) is 0 Å². The highest BCUT2D eigenvalue weighted by Gasteiger charge is 2.16. The van der Waals surface area contributed by atoms with Crippen molar-refractivity contribution < 1.29 is 19.4 Å². The normalized spacial score (nSPS) is 10.2. The van der Waals surface area contributed by atoms with Crippen molar-refractivity contribution >= 4 is 17.7 Å². The first-order valence-corrected chi connectivity index (χ1v) is 7.54. The molecule has 2 aromatic carbocycles. The maximum absolute atomic E-state index is 12.0. The van der Waals surface area contributed by atoms with Crippen molar-refractivity contribution in [3.05, 3.63) is 53.6 Å². The highest BCUT2D eigenvalue weighted by Crippen LogP contribution is 2.29. The molecule has 0 aliphatic rings. The van der Waals surface area contributed by atoms with Gasteiger partial charge >= 0.3 is 5.97 Å². The minimum Gasteiger partial charge on any atom is -0.504 e. The van der Waals surface area contributed by atoms with Crippen LogP contribution in [0.2, 0.25) is 0 Å². The smallest absolute Gasteiger partial charge is 0.342 e. The number of aromatic hydroxyl groups is 1. The highest BCUT2D eigenvalue weighted by molar-refractivity contribution is 7.98. The molecule has 0 saturated heterocycles. The van der Waals surface area contributed by atoms with Gasteiger partial charge < -0.3 is 14.6 Å². The summed E-state index contributed by atoms with van der Waals surface area (Å²) in [5.74, 6) is -0.545. The Labute approximate surface area is 127 Å². The van der Waals surface area contributed by atoms with E-state index < -0.39 is 5.97 Å². The molecule has 0 aromatic heterocycles. The molecule has 5 heteroatoms. The predicted molar refractivity (Wildman–Crippen MR) is 82.0 cm³/mol. The molecule has 110 valence electrons. The molecule has 2 rings (SSSR count). The summed E-state index contributed by atoms with van der Waals surface area (Å²) in [5, 5.41) is 9.90. The van der Waals surface area contributed by atoms with Crippen LogP contribution in [0.4, 0.5) is 0 Å². The first-order chi connectivity index (χ1) is 10.2. The zero-order chi connectivity index (χ0) is 15.2. The fourth-order valence-corrected chi connectivity index (χ4v) is 2.21. The zero-order valence-corrected chi connectivity index (χ0v) is 12.6. The number of hydrogen-bond acceptors (Lipinski definition) is 5. The Balaban J connectivity index is 2.04. The van der Waals surface area contributed by atoms with Crippen LogP contribution in [-0.4, -0.2) is 24.4 Å². The number of esters is 1. The predicted octanol–water partition coefficient (Wildman–Crippen LogP) is 3.48. The standard InChI is InChI=1S/C16H16O4S/c1-19-14-5-3-4-13(15(14)17)16(18)20-10-11-6-8-12(21-2)9-7-11/h3-9,17H,10H2,1-2H3. The SMILES string of the molecule is COc1cccc(C(=O)OCc2ccc(SC)cc2)c1O. The van der Waals surface area contributed by atoms with Gasteiger partial charge in [-0.25, -0.2) is 4.79 Å². The lowest BCUT2D eigenvalue weighted by atomic mass is 10.2. The van der Waals surface area contributed by atoms with E-state index in [2.05, 4.69) is 0 Å². The molecule has 0 spiro atoms. The number of rotatable bonds is 5. The van der Waals surface area contributed by atoms with Gasteiger partial charge in [-0.15, -0.1) is 11.8 Å². The number of phenols is 1. The molecule has 4 nitrogen and oxygen atoms in total. The number of methoxy groups -OCH3 is 1. The summed E-state index contributed by atoms with van der Waals surface area (Å²) >= 11 is 1.65. The lowest BCUT2D eigenvalue weighted by Crippen LogP contribution is -2.06. The Kier molecular flexibility index (Phi) is 5.11. The summed E-state index contributed by atoms with van der Waals surface area (Å²) in [6.45, 7) is 0.157. The Morgan fingerprint density at radius 3 is 2.52 bits per heavy atom. The van der Waals surface area contributed by atoms with Crippen molar-refractivity contribution in [2.45, 2.75) is 11.5 Å². The summed E-state index contributed by atoms with van der Waals surface area (Å²) < 4.78 is 10.2. The van der Waals surface area contributed by atoms with Crippen LogP contribution in [-0.2, 0) is 11.3 Å². The molecule has 0 unspecified atom stereocenters. The van der Waals surface area contributed by atoms with Gasteiger partial charge in [0, 0.05) is 4.90 Å². The molecule has 1 N–H and O–H groups in total. The maximum atomic E-state index is 12.0. The van der Waals surface area contributed by atoms with Crippen molar-refractivity contribution in [3.8, 4) is 11.5 Å². The van der Waals surface area contributed by atoms with Gasteiger partial charge in [-0.1, -0.05) is 18.2 Å². The fraction of sp³-hybridized carbons (Fsp3) is 0.188. The first kappa shape index (κ1) is 15.3. The summed E-state index contributed by atoms with van der Waals surface area (Å²) in [6.07, 6.45) is 2.00. The van der Waals surface area contributed by atoms with Gasteiger partial charge in [-0.3, -0.25) is 0 Å². The van der Waals surface area contributed by atoms with Crippen molar-refractivity contribution in [1.29, 1.82) is 0 Å². The van der Waals surface area contributed by atoms with Gasteiger partial charge in [0.2, 0.25) is 0 Å². The fourth-order valence-electron chi connectivity index (χ4n) is 1.80. The van der Waals surface area contributed by atoms with Crippen molar-refractivity contribution in [2.75, 3.05) is 13.4 Å². The Hall–Kier alpha value is -2.14.